The summed E-state index contributed by atoms with van der Waals surface area (Å²) in [5, 5.41) is 7.79. The summed E-state index contributed by atoms with van der Waals surface area (Å²) in [7, 11) is 4.13. The van der Waals surface area contributed by atoms with Gasteiger partial charge in [0.05, 0.1) is 6.20 Å². The summed E-state index contributed by atoms with van der Waals surface area (Å²) in [6.45, 7) is 6.77. The minimum absolute atomic E-state index is 0.197. The standard InChI is InChI=1S/C12H25N5/c1-10(2)17-9-11(8-15-17)12(7-13)14-5-6-16(3)4/h8-10,12,14H,5-7,13H2,1-4H3. The molecule has 5 heteroatoms. The van der Waals surface area contributed by atoms with Gasteiger partial charge in [-0.1, -0.05) is 0 Å². The highest BCUT2D eigenvalue weighted by Crippen LogP contribution is 2.12. The molecule has 1 aromatic rings. The number of aromatic nitrogens is 2. The average Bonchev–Trinajstić information content (AvgIpc) is 2.73. The van der Waals surface area contributed by atoms with Crippen molar-refractivity contribution in [2.75, 3.05) is 33.7 Å². The van der Waals surface area contributed by atoms with Crippen LogP contribution in [-0.4, -0.2) is 48.4 Å². The SMILES string of the molecule is CC(C)n1cc(C(CN)NCCN(C)C)cn1. The maximum atomic E-state index is 5.79. The van der Waals surface area contributed by atoms with Crippen molar-refractivity contribution in [3.63, 3.8) is 0 Å². The van der Waals surface area contributed by atoms with Crippen LogP contribution in [0, 0.1) is 0 Å². The van der Waals surface area contributed by atoms with E-state index in [2.05, 4.69) is 49.5 Å². The van der Waals surface area contributed by atoms with Crippen LogP contribution in [0.5, 0.6) is 0 Å². The Morgan fingerprint density at radius 1 is 1.47 bits per heavy atom. The highest BCUT2D eigenvalue weighted by atomic mass is 15.3. The van der Waals surface area contributed by atoms with Crippen molar-refractivity contribution >= 4 is 0 Å². The molecule has 0 spiro atoms. The molecule has 17 heavy (non-hydrogen) atoms. The monoisotopic (exact) mass is 239 g/mol. The number of nitrogens with two attached hydrogens (primary N) is 1. The molecule has 98 valence electrons. The minimum Gasteiger partial charge on any atom is -0.329 e. The Morgan fingerprint density at radius 3 is 2.65 bits per heavy atom. The summed E-state index contributed by atoms with van der Waals surface area (Å²) in [6, 6.07) is 0.589. The van der Waals surface area contributed by atoms with Gasteiger partial charge in [-0.15, -0.1) is 0 Å². The van der Waals surface area contributed by atoms with Crippen LogP contribution in [0.1, 0.15) is 31.5 Å². The summed E-state index contributed by atoms with van der Waals surface area (Å²) in [5.41, 5.74) is 6.96. The second kappa shape index (κ2) is 6.74. The summed E-state index contributed by atoms with van der Waals surface area (Å²) in [6.07, 6.45) is 3.98. The largest absolute Gasteiger partial charge is 0.329 e. The van der Waals surface area contributed by atoms with Gasteiger partial charge in [-0.25, -0.2) is 0 Å². The van der Waals surface area contributed by atoms with E-state index in [4.69, 9.17) is 5.73 Å². The molecule has 3 N–H and O–H groups in total. The van der Waals surface area contributed by atoms with Crippen LogP contribution in [-0.2, 0) is 0 Å². The third-order valence-corrected chi connectivity index (χ3v) is 2.74. The van der Waals surface area contributed by atoms with Gasteiger partial charge in [-0.3, -0.25) is 4.68 Å². The van der Waals surface area contributed by atoms with Gasteiger partial charge in [0.2, 0.25) is 0 Å². The van der Waals surface area contributed by atoms with Gasteiger partial charge in [0.15, 0.2) is 0 Å². The van der Waals surface area contributed by atoms with Gasteiger partial charge in [-0.2, -0.15) is 5.10 Å². The molecule has 0 bridgehead atoms. The lowest BCUT2D eigenvalue weighted by molar-refractivity contribution is 0.385. The summed E-state index contributed by atoms with van der Waals surface area (Å²) >= 11 is 0. The number of hydrogen-bond donors (Lipinski definition) is 2. The third-order valence-electron chi connectivity index (χ3n) is 2.74. The molecular formula is C12H25N5. The van der Waals surface area contributed by atoms with Crippen molar-refractivity contribution in [1.29, 1.82) is 0 Å². The van der Waals surface area contributed by atoms with Gasteiger partial charge in [0, 0.05) is 43.5 Å². The molecule has 1 aromatic heterocycles. The molecule has 0 aliphatic rings. The summed E-state index contributed by atoms with van der Waals surface area (Å²) < 4.78 is 1.96. The van der Waals surface area contributed by atoms with E-state index in [0.29, 0.717) is 12.6 Å². The molecule has 0 saturated carbocycles. The molecule has 1 heterocycles. The van der Waals surface area contributed by atoms with Gasteiger partial charge in [-0.05, 0) is 27.9 Å². The Labute approximate surface area is 104 Å². The Morgan fingerprint density at radius 2 is 2.18 bits per heavy atom. The van der Waals surface area contributed by atoms with Crippen molar-refractivity contribution in [1.82, 2.24) is 20.0 Å². The molecule has 0 aromatic carbocycles. The maximum Gasteiger partial charge on any atom is 0.0538 e. The first kappa shape index (κ1) is 14.2. The Bertz CT molecular complexity index is 318. The number of hydrogen-bond acceptors (Lipinski definition) is 4. The number of rotatable bonds is 7. The van der Waals surface area contributed by atoms with E-state index in [9.17, 15) is 0 Å². The van der Waals surface area contributed by atoms with E-state index >= 15 is 0 Å². The van der Waals surface area contributed by atoms with Crippen LogP contribution in [0.2, 0.25) is 0 Å². The van der Waals surface area contributed by atoms with Gasteiger partial charge in [0.25, 0.3) is 0 Å². The average molecular weight is 239 g/mol. The van der Waals surface area contributed by atoms with Gasteiger partial charge < -0.3 is 16.0 Å². The molecule has 0 radical (unpaired) electrons. The normalized spacial score (nSPS) is 13.6. The lowest BCUT2D eigenvalue weighted by Crippen LogP contribution is -2.33. The zero-order valence-electron chi connectivity index (χ0n) is 11.3. The van der Waals surface area contributed by atoms with Crippen molar-refractivity contribution in [3.8, 4) is 0 Å². The zero-order valence-corrected chi connectivity index (χ0v) is 11.3. The molecule has 1 unspecified atom stereocenters. The quantitative estimate of drug-likeness (QED) is 0.732. The zero-order chi connectivity index (χ0) is 12.8. The predicted molar refractivity (Wildman–Crippen MR) is 71.0 cm³/mol. The molecule has 0 aliphatic carbocycles. The van der Waals surface area contributed by atoms with E-state index in [1.165, 1.54) is 5.56 Å². The lowest BCUT2D eigenvalue weighted by Gasteiger charge is -2.17. The van der Waals surface area contributed by atoms with E-state index in [1.54, 1.807) is 0 Å². The fourth-order valence-electron chi connectivity index (χ4n) is 1.61. The van der Waals surface area contributed by atoms with Crippen molar-refractivity contribution in [3.05, 3.63) is 18.0 Å². The fourth-order valence-corrected chi connectivity index (χ4v) is 1.61. The maximum absolute atomic E-state index is 5.79. The van der Waals surface area contributed by atoms with E-state index < -0.39 is 0 Å². The molecule has 0 saturated heterocycles. The second-order valence-corrected chi connectivity index (χ2v) is 4.89. The summed E-state index contributed by atoms with van der Waals surface area (Å²) in [5.74, 6) is 0. The lowest BCUT2D eigenvalue weighted by atomic mass is 10.1. The number of nitrogens with zero attached hydrogens (tertiary/aromatic N) is 3. The van der Waals surface area contributed by atoms with Crippen LogP contribution in [0.25, 0.3) is 0 Å². The van der Waals surface area contributed by atoms with Crippen LogP contribution in [0.3, 0.4) is 0 Å². The first-order valence-corrected chi connectivity index (χ1v) is 6.16. The Hall–Kier alpha value is -0.910. The predicted octanol–water partition coefficient (Wildman–Crippen LogP) is 0.615. The molecule has 0 fully saturated rings. The number of likely N-dealkylation sites (N-methyl/N-ethyl adjacent to an activating group) is 1. The highest BCUT2D eigenvalue weighted by molar-refractivity contribution is 5.11. The van der Waals surface area contributed by atoms with Gasteiger partial charge in [0.1, 0.15) is 0 Å². The van der Waals surface area contributed by atoms with Crippen LogP contribution in [0.15, 0.2) is 12.4 Å². The van der Waals surface area contributed by atoms with Crippen molar-refractivity contribution < 1.29 is 0 Å². The Balaban J connectivity index is 2.53. The highest BCUT2D eigenvalue weighted by Gasteiger charge is 2.11. The molecule has 1 atom stereocenters. The molecule has 0 amide bonds. The molecule has 0 aliphatic heterocycles. The van der Waals surface area contributed by atoms with Gasteiger partial charge >= 0.3 is 0 Å². The van der Waals surface area contributed by atoms with Crippen LogP contribution < -0.4 is 11.1 Å². The minimum atomic E-state index is 0.197. The third kappa shape index (κ3) is 4.46. The first-order chi connectivity index (χ1) is 8.04. The van der Waals surface area contributed by atoms with Crippen LogP contribution in [0.4, 0.5) is 0 Å². The number of nitrogens with one attached hydrogen (secondary N) is 1. The second-order valence-electron chi connectivity index (χ2n) is 4.89. The van der Waals surface area contributed by atoms with E-state index in [1.807, 2.05) is 10.9 Å². The van der Waals surface area contributed by atoms with Crippen molar-refractivity contribution in [2.45, 2.75) is 25.9 Å². The first-order valence-electron chi connectivity index (χ1n) is 6.16. The summed E-state index contributed by atoms with van der Waals surface area (Å²) in [4.78, 5) is 2.15. The smallest absolute Gasteiger partial charge is 0.0538 e. The van der Waals surface area contributed by atoms with Crippen molar-refractivity contribution in [2.24, 2.45) is 5.73 Å². The molecule has 1 rings (SSSR count). The van der Waals surface area contributed by atoms with Crippen LogP contribution >= 0.6 is 0 Å². The topological polar surface area (TPSA) is 59.1 Å². The molecular weight excluding hydrogens is 214 g/mol. The van der Waals surface area contributed by atoms with E-state index in [0.717, 1.165) is 13.1 Å². The van der Waals surface area contributed by atoms with E-state index in [-0.39, 0.29) is 6.04 Å². The Kier molecular flexibility index (Phi) is 5.61. The fraction of sp³-hybridized carbons (Fsp3) is 0.750. The molecule has 5 nitrogen and oxygen atoms in total.